The fraction of sp³-hybridized carbons (Fsp3) is 0.353. The van der Waals surface area contributed by atoms with E-state index in [2.05, 4.69) is 0 Å². The fourth-order valence-electron chi connectivity index (χ4n) is 4.12. The second kappa shape index (κ2) is 21.9. The highest BCUT2D eigenvalue weighted by molar-refractivity contribution is 8.21. The molecular formula is C34H34O15S4. The summed E-state index contributed by atoms with van der Waals surface area (Å²) in [6, 6.07) is 13.0. The molecule has 2 aromatic carbocycles. The third kappa shape index (κ3) is 15.6. The lowest BCUT2D eigenvalue weighted by Gasteiger charge is -2.19. The number of thioether (sulfide) groups is 4. The van der Waals surface area contributed by atoms with Crippen LogP contribution in [0.4, 0.5) is 0 Å². The van der Waals surface area contributed by atoms with E-state index in [0.29, 0.717) is 35.2 Å². The zero-order chi connectivity index (χ0) is 38.0. The molecule has 2 saturated heterocycles. The van der Waals surface area contributed by atoms with Crippen LogP contribution in [0.15, 0.2) is 72.8 Å². The van der Waals surface area contributed by atoms with E-state index in [-0.39, 0.29) is 35.6 Å². The summed E-state index contributed by atoms with van der Waals surface area (Å²) in [7, 11) is 0. The smallest absolute Gasteiger partial charge is 0.331 e. The number of carboxylic acids is 2. The van der Waals surface area contributed by atoms with Crippen LogP contribution in [0.5, 0.6) is 23.0 Å². The van der Waals surface area contributed by atoms with Crippen molar-refractivity contribution in [3.63, 3.8) is 0 Å². The molecule has 2 N–H and O–H groups in total. The molecule has 0 amide bonds. The standard InChI is InChI=1S/C34H34O15S4/c35-27(36)9-11-29(39)48-25(19-45-31(41)33-50-13-14-51-33)17-43-21-1-5-23(6-2-21)47-24-7-3-22(4-8-24)44-18-26(49-30(40)12-10-28(37)38)20-46-32(42)34-52-15-16-53-34/h1-12,25-26,33-34H,13-20H2,(H,35,36)(H,37,38)/b11-9+,12-10+. The summed E-state index contributed by atoms with van der Waals surface area (Å²) >= 11 is 5.85. The summed E-state index contributed by atoms with van der Waals surface area (Å²) in [5.74, 6) is -0.446. The fourth-order valence-corrected chi connectivity index (χ4v) is 9.25. The molecule has 284 valence electrons. The molecule has 2 unspecified atom stereocenters. The highest BCUT2D eigenvalue weighted by Gasteiger charge is 2.28. The first-order chi connectivity index (χ1) is 25.5. The van der Waals surface area contributed by atoms with Crippen LogP contribution in [-0.2, 0) is 47.7 Å². The van der Waals surface area contributed by atoms with Gasteiger partial charge in [0.05, 0.1) is 0 Å². The van der Waals surface area contributed by atoms with Crippen LogP contribution in [0.1, 0.15) is 0 Å². The Bertz CT molecular complexity index is 1500. The Hall–Kier alpha value is -4.46. The van der Waals surface area contributed by atoms with Crippen molar-refractivity contribution in [2.45, 2.75) is 21.4 Å². The van der Waals surface area contributed by atoms with E-state index in [1.54, 1.807) is 48.5 Å². The minimum absolute atomic E-state index is 0.188. The lowest BCUT2D eigenvalue weighted by molar-refractivity contribution is -0.156. The maximum atomic E-state index is 12.3. The number of carboxylic acid groups (broad SMARTS) is 2. The second-order valence-electron chi connectivity index (χ2n) is 10.5. The van der Waals surface area contributed by atoms with Crippen LogP contribution in [-0.4, -0.2) is 117 Å². The van der Waals surface area contributed by atoms with Crippen molar-refractivity contribution in [1.82, 2.24) is 0 Å². The summed E-state index contributed by atoms with van der Waals surface area (Å²) in [6.45, 7) is -0.946. The molecule has 0 spiro atoms. The Morgan fingerprint density at radius 3 is 1.23 bits per heavy atom. The highest BCUT2D eigenvalue weighted by Crippen LogP contribution is 2.33. The molecule has 2 aliphatic heterocycles. The van der Waals surface area contributed by atoms with Crippen molar-refractivity contribution in [1.29, 1.82) is 0 Å². The molecule has 2 aromatic rings. The van der Waals surface area contributed by atoms with Crippen molar-refractivity contribution in [2.24, 2.45) is 0 Å². The summed E-state index contributed by atoms with van der Waals surface area (Å²) in [6.07, 6.45) is 0.738. The second-order valence-corrected chi connectivity index (χ2v) is 16.0. The average Bonchev–Trinajstić information content (AvgIpc) is 3.89. The molecule has 15 nitrogen and oxygen atoms in total. The number of ether oxygens (including phenoxy) is 7. The molecule has 53 heavy (non-hydrogen) atoms. The number of carbonyl (C=O) groups excluding carboxylic acids is 4. The van der Waals surface area contributed by atoms with E-state index in [9.17, 15) is 28.8 Å². The highest BCUT2D eigenvalue weighted by atomic mass is 32.2. The third-order valence-electron chi connectivity index (χ3n) is 6.50. The van der Waals surface area contributed by atoms with Gasteiger partial charge in [-0.15, -0.1) is 47.0 Å². The Balaban J connectivity index is 1.27. The molecule has 0 saturated carbocycles. The first kappa shape index (κ1) is 41.3. The Kier molecular flexibility index (Phi) is 17.1. The van der Waals surface area contributed by atoms with E-state index in [1.165, 1.54) is 47.0 Å². The van der Waals surface area contributed by atoms with E-state index in [1.807, 2.05) is 0 Å². The maximum Gasteiger partial charge on any atom is 0.331 e. The lowest BCUT2D eigenvalue weighted by Crippen LogP contribution is -2.31. The van der Waals surface area contributed by atoms with Gasteiger partial charge in [0, 0.05) is 47.3 Å². The first-order valence-corrected chi connectivity index (χ1v) is 19.9. The van der Waals surface area contributed by atoms with Crippen LogP contribution in [0.2, 0.25) is 0 Å². The number of hydrogen-bond donors (Lipinski definition) is 2. The van der Waals surface area contributed by atoms with Crippen LogP contribution in [0.3, 0.4) is 0 Å². The van der Waals surface area contributed by atoms with Gasteiger partial charge in [-0.3, -0.25) is 0 Å². The minimum Gasteiger partial charge on any atom is -0.490 e. The number of hydrogen-bond acceptors (Lipinski definition) is 17. The summed E-state index contributed by atoms with van der Waals surface area (Å²) in [5.41, 5.74) is 0. The van der Waals surface area contributed by atoms with Crippen molar-refractivity contribution in [3.8, 4) is 23.0 Å². The molecule has 2 fully saturated rings. The number of esters is 4. The van der Waals surface area contributed by atoms with E-state index in [4.69, 9.17) is 43.4 Å². The Morgan fingerprint density at radius 1 is 0.547 bits per heavy atom. The molecule has 0 radical (unpaired) electrons. The zero-order valence-electron chi connectivity index (χ0n) is 27.7. The van der Waals surface area contributed by atoms with Gasteiger partial charge in [0.2, 0.25) is 0 Å². The van der Waals surface area contributed by atoms with Gasteiger partial charge >= 0.3 is 35.8 Å². The lowest BCUT2D eigenvalue weighted by atomic mass is 10.3. The monoisotopic (exact) mass is 810 g/mol. The summed E-state index contributed by atoms with van der Waals surface area (Å²) in [4.78, 5) is 70.4. The Labute approximate surface area is 320 Å². The zero-order valence-corrected chi connectivity index (χ0v) is 31.0. The van der Waals surface area contributed by atoms with Gasteiger partial charge in [-0.05, 0) is 48.5 Å². The summed E-state index contributed by atoms with van der Waals surface area (Å²) < 4.78 is 37.8. The van der Waals surface area contributed by atoms with E-state index >= 15 is 0 Å². The van der Waals surface area contributed by atoms with Gasteiger partial charge in [-0.25, -0.2) is 28.8 Å². The van der Waals surface area contributed by atoms with Crippen molar-refractivity contribution >= 4 is 82.9 Å². The molecule has 0 aromatic heterocycles. The number of aliphatic carboxylic acids is 2. The number of carbonyl (C=O) groups is 6. The molecule has 2 heterocycles. The first-order valence-electron chi connectivity index (χ1n) is 15.7. The van der Waals surface area contributed by atoms with Gasteiger partial charge in [0.1, 0.15) is 58.6 Å². The van der Waals surface area contributed by atoms with Gasteiger partial charge in [0.15, 0.2) is 12.2 Å². The van der Waals surface area contributed by atoms with Crippen molar-refractivity contribution < 1.29 is 72.1 Å². The van der Waals surface area contributed by atoms with Crippen molar-refractivity contribution in [3.05, 3.63) is 72.8 Å². The van der Waals surface area contributed by atoms with E-state index in [0.717, 1.165) is 35.2 Å². The molecule has 4 rings (SSSR count). The number of benzene rings is 2. The van der Waals surface area contributed by atoms with Crippen molar-refractivity contribution in [2.75, 3.05) is 49.4 Å². The largest absolute Gasteiger partial charge is 0.490 e. The van der Waals surface area contributed by atoms with Crippen LogP contribution in [0, 0.1) is 0 Å². The number of rotatable bonds is 20. The molecule has 2 atom stereocenters. The molecule has 2 aliphatic rings. The predicted molar refractivity (Wildman–Crippen MR) is 197 cm³/mol. The quantitative estimate of drug-likeness (QED) is 0.110. The SMILES string of the molecule is O=C(O)/C=C/C(=O)OC(COC(=O)C1SCCS1)COc1ccc(Oc2ccc(OCC(COC(=O)C3SCCS3)OC(=O)/C=C/C(=O)O)cc2)cc1. The molecule has 19 heteroatoms. The average molecular weight is 811 g/mol. The van der Waals surface area contributed by atoms with Gasteiger partial charge in [-0.1, -0.05) is 0 Å². The van der Waals surface area contributed by atoms with Gasteiger partial charge in [-0.2, -0.15) is 0 Å². The summed E-state index contributed by atoms with van der Waals surface area (Å²) in [5, 5.41) is 17.5. The predicted octanol–water partition coefficient (Wildman–Crippen LogP) is 4.04. The normalized spacial score (nSPS) is 15.8. The van der Waals surface area contributed by atoms with Gasteiger partial charge < -0.3 is 43.4 Å². The van der Waals surface area contributed by atoms with Crippen LogP contribution in [0.25, 0.3) is 0 Å². The molecule has 0 aliphatic carbocycles. The molecule has 0 bridgehead atoms. The third-order valence-corrected chi connectivity index (χ3v) is 12.4. The van der Waals surface area contributed by atoms with E-state index < -0.39 is 48.0 Å². The molecular weight excluding hydrogens is 777 g/mol. The van der Waals surface area contributed by atoms with Crippen LogP contribution >= 0.6 is 47.0 Å². The minimum atomic E-state index is -1.32. The Morgan fingerprint density at radius 2 is 0.887 bits per heavy atom. The maximum absolute atomic E-state index is 12.3. The van der Waals surface area contributed by atoms with Crippen LogP contribution < -0.4 is 14.2 Å². The van der Waals surface area contributed by atoms with Gasteiger partial charge in [0.25, 0.3) is 0 Å². The topological polar surface area (TPSA) is 207 Å².